The first-order chi connectivity index (χ1) is 13.0. The molecule has 1 spiro atoms. The van der Waals surface area contributed by atoms with Crippen molar-refractivity contribution in [3.05, 3.63) is 71.5 Å². The van der Waals surface area contributed by atoms with E-state index in [4.69, 9.17) is 4.99 Å². The van der Waals surface area contributed by atoms with Gasteiger partial charge in [-0.15, -0.1) is 0 Å². The molecule has 2 aromatic rings. The average Bonchev–Trinajstić information content (AvgIpc) is 3.00. The van der Waals surface area contributed by atoms with Crippen molar-refractivity contribution in [1.82, 2.24) is 10.2 Å². The van der Waals surface area contributed by atoms with Crippen molar-refractivity contribution >= 4 is 17.5 Å². The minimum Gasteiger partial charge on any atom is -0.342 e. The Labute approximate surface area is 156 Å². The lowest BCUT2D eigenvalue weighted by Crippen LogP contribution is -2.52. The SMILES string of the molecule is O=C1NC2(CCN(C(=O)Cc3ccc(F)cc3)CC2)N=C1c1ccccc1. The Bertz CT molecular complexity index is 885. The normalized spacial score (nSPS) is 18.3. The predicted octanol–water partition coefficient (Wildman–Crippen LogP) is 2.31. The van der Waals surface area contributed by atoms with E-state index in [2.05, 4.69) is 5.32 Å². The summed E-state index contributed by atoms with van der Waals surface area (Å²) < 4.78 is 13.0. The molecule has 0 atom stereocenters. The molecule has 2 heterocycles. The van der Waals surface area contributed by atoms with Crippen LogP contribution in [0.4, 0.5) is 4.39 Å². The zero-order chi connectivity index (χ0) is 18.9. The lowest BCUT2D eigenvalue weighted by Gasteiger charge is -2.37. The van der Waals surface area contributed by atoms with Gasteiger partial charge in [-0.2, -0.15) is 0 Å². The van der Waals surface area contributed by atoms with Crippen LogP contribution in [-0.4, -0.2) is 41.2 Å². The molecule has 27 heavy (non-hydrogen) atoms. The number of halogens is 1. The highest BCUT2D eigenvalue weighted by Crippen LogP contribution is 2.29. The van der Waals surface area contributed by atoms with Crippen LogP contribution >= 0.6 is 0 Å². The maximum Gasteiger partial charge on any atom is 0.272 e. The molecule has 0 aromatic heterocycles. The van der Waals surface area contributed by atoms with Gasteiger partial charge in [-0.1, -0.05) is 42.5 Å². The molecule has 2 amide bonds. The van der Waals surface area contributed by atoms with Gasteiger partial charge in [0.25, 0.3) is 5.91 Å². The highest BCUT2D eigenvalue weighted by atomic mass is 19.1. The summed E-state index contributed by atoms with van der Waals surface area (Å²) in [5.41, 5.74) is 1.44. The van der Waals surface area contributed by atoms with Crippen LogP contribution < -0.4 is 5.32 Å². The van der Waals surface area contributed by atoms with Crippen LogP contribution in [0.5, 0.6) is 0 Å². The molecule has 0 saturated carbocycles. The predicted molar refractivity (Wildman–Crippen MR) is 99.8 cm³/mol. The first-order valence-corrected chi connectivity index (χ1v) is 9.05. The second-order valence-corrected chi connectivity index (χ2v) is 7.00. The highest BCUT2D eigenvalue weighted by Gasteiger charge is 2.42. The summed E-state index contributed by atoms with van der Waals surface area (Å²) in [5.74, 6) is -0.462. The molecule has 1 saturated heterocycles. The number of amides is 2. The third kappa shape index (κ3) is 3.60. The summed E-state index contributed by atoms with van der Waals surface area (Å²) >= 11 is 0. The van der Waals surface area contributed by atoms with Crippen molar-refractivity contribution in [2.75, 3.05) is 13.1 Å². The smallest absolute Gasteiger partial charge is 0.272 e. The Kier molecular flexibility index (Phi) is 4.48. The topological polar surface area (TPSA) is 61.8 Å². The Balaban J connectivity index is 1.41. The van der Waals surface area contributed by atoms with Crippen LogP contribution in [0.1, 0.15) is 24.0 Å². The number of carbonyl (C=O) groups excluding carboxylic acids is 2. The molecule has 2 aliphatic rings. The molecule has 5 nitrogen and oxygen atoms in total. The lowest BCUT2D eigenvalue weighted by molar-refractivity contribution is -0.132. The summed E-state index contributed by atoms with van der Waals surface area (Å²) in [6.07, 6.45) is 1.42. The van der Waals surface area contributed by atoms with Crippen molar-refractivity contribution < 1.29 is 14.0 Å². The van der Waals surface area contributed by atoms with Gasteiger partial charge in [-0.25, -0.2) is 4.39 Å². The summed E-state index contributed by atoms with van der Waals surface area (Å²) in [5, 5.41) is 3.01. The molecule has 138 valence electrons. The van der Waals surface area contributed by atoms with E-state index in [1.165, 1.54) is 12.1 Å². The number of hydrogen-bond donors (Lipinski definition) is 1. The van der Waals surface area contributed by atoms with Crippen LogP contribution in [0.25, 0.3) is 0 Å². The molecule has 1 fully saturated rings. The van der Waals surface area contributed by atoms with E-state index in [0.29, 0.717) is 31.6 Å². The average molecular weight is 365 g/mol. The summed E-state index contributed by atoms with van der Waals surface area (Å²) in [4.78, 5) is 31.4. The maximum absolute atomic E-state index is 13.0. The number of carbonyl (C=O) groups is 2. The van der Waals surface area contributed by atoms with Crippen LogP contribution in [0.15, 0.2) is 59.6 Å². The summed E-state index contributed by atoms with van der Waals surface area (Å²) in [7, 11) is 0. The largest absolute Gasteiger partial charge is 0.342 e. The lowest BCUT2D eigenvalue weighted by atomic mass is 9.97. The molecule has 0 aliphatic carbocycles. The number of benzene rings is 2. The van der Waals surface area contributed by atoms with E-state index in [-0.39, 0.29) is 24.1 Å². The third-order valence-corrected chi connectivity index (χ3v) is 5.15. The van der Waals surface area contributed by atoms with Gasteiger partial charge in [-0.05, 0) is 17.7 Å². The van der Waals surface area contributed by atoms with Crippen LogP contribution in [-0.2, 0) is 16.0 Å². The summed E-state index contributed by atoms with van der Waals surface area (Å²) in [6.45, 7) is 1.07. The molecule has 6 heteroatoms. The fraction of sp³-hybridized carbons (Fsp3) is 0.286. The first-order valence-electron chi connectivity index (χ1n) is 9.05. The van der Waals surface area contributed by atoms with Crippen LogP contribution in [0, 0.1) is 5.82 Å². The minimum atomic E-state index is -0.616. The Hall–Kier alpha value is -3.02. The molecule has 4 rings (SSSR count). The number of piperidine rings is 1. The maximum atomic E-state index is 13.0. The number of nitrogens with one attached hydrogen (secondary N) is 1. The van der Waals surface area contributed by atoms with E-state index in [1.54, 1.807) is 17.0 Å². The highest BCUT2D eigenvalue weighted by molar-refractivity contribution is 6.46. The van der Waals surface area contributed by atoms with Gasteiger partial charge < -0.3 is 10.2 Å². The van der Waals surface area contributed by atoms with Gasteiger partial charge in [0.1, 0.15) is 17.2 Å². The van der Waals surface area contributed by atoms with E-state index in [1.807, 2.05) is 30.3 Å². The van der Waals surface area contributed by atoms with Gasteiger partial charge in [0.15, 0.2) is 0 Å². The number of aliphatic imine (C=N–C) groups is 1. The summed E-state index contributed by atoms with van der Waals surface area (Å²) in [6, 6.07) is 15.4. The van der Waals surface area contributed by atoms with Gasteiger partial charge in [0.05, 0.1) is 6.42 Å². The van der Waals surface area contributed by atoms with Gasteiger partial charge in [-0.3, -0.25) is 14.6 Å². The molecule has 0 radical (unpaired) electrons. The van der Waals surface area contributed by atoms with Crippen molar-refractivity contribution in [2.45, 2.75) is 24.9 Å². The molecular formula is C21H20FN3O2. The standard InChI is InChI=1S/C21H20FN3O2/c22-17-8-6-15(7-9-17)14-18(26)25-12-10-21(11-13-25)23-19(20(27)24-21)16-4-2-1-3-5-16/h1-9H,10-14H2,(H,24,27). The minimum absolute atomic E-state index is 0.00745. The molecular weight excluding hydrogens is 345 g/mol. The third-order valence-electron chi connectivity index (χ3n) is 5.15. The second kappa shape index (κ2) is 6.95. The van der Waals surface area contributed by atoms with Crippen molar-refractivity contribution in [3.8, 4) is 0 Å². The number of hydrogen-bond acceptors (Lipinski definition) is 3. The molecule has 0 unspecified atom stereocenters. The van der Waals surface area contributed by atoms with E-state index < -0.39 is 5.66 Å². The zero-order valence-corrected chi connectivity index (χ0v) is 14.8. The molecule has 1 N–H and O–H groups in total. The number of rotatable bonds is 3. The molecule has 0 bridgehead atoms. The van der Waals surface area contributed by atoms with E-state index in [9.17, 15) is 14.0 Å². The first kappa shape index (κ1) is 17.4. The Morgan fingerprint density at radius 1 is 1.07 bits per heavy atom. The van der Waals surface area contributed by atoms with Crippen molar-refractivity contribution in [2.24, 2.45) is 4.99 Å². The van der Waals surface area contributed by atoms with Gasteiger partial charge in [0.2, 0.25) is 5.91 Å². The fourth-order valence-electron chi connectivity index (χ4n) is 3.61. The second-order valence-electron chi connectivity index (χ2n) is 7.00. The van der Waals surface area contributed by atoms with Gasteiger partial charge >= 0.3 is 0 Å². The zero-order valence-electron chi connectivity index (χ0n) is 14.8. The quantitative estimate of drug-likeness (QED) is 0.907. The van der Waals surface area contributed by atoms with E-state index in [0.717, 1.165) is 11.1 Å². The van der Waals surface area contributed by atoms with Crippen LogP contribution in [0.2, 0.25) is 0 Å². The molecule has 2 aromatic carbocycles. The van der Waals surface area contributed by atoms with E-state index >= 15 is 0 Å². The van der Waals surface area contributed by atoms with Gasteiger partial charge in [0, 0.05) is 31.5 Å². The Morgan fingerprint density at radius 2 is 1.74 bits per heavy atom. The van der Waals surface area contributed by atoms with Crippen LogP contribution in [0.3, 0.4) is 0 Å². The monoisotopic (exact) mass is 365 g/mol. The Morgan fingerprint density at radius 3 is 2.41 bits per heavy atom. The fourth-order valence-corrected chi connectivity index (χ4v) is 3.61. The van der Waals surface area contributed by atoms with Crippen molar-refractivity contribution in [3.63, 3.8) is 0 Å². The number of nitrogens with zero attached hydrogens (tertiary/aromatic N) is 2. The molecule has 2 aliphatic heterocycles. The number of likely N-dealkylation sites (tertiary alicyclic amines) is 1. The van der Waals surface area contributed by atoms with Crippen molar-refractivity contribution in [1.29, 1.82) is 0 Å².